The Morgan fingerprint density at radius 1 is 1.36 bits per heavy atom. The molecule has 82 valence electrons. The highest BCUT2D eigenvalue weighted by molar-refractivity contribution is 5.83. The van der Waals surface area contributed by atoms with Gasteiger partial charge in [0.05, 0.1) is 7.11 Å². The Kier molecular flexibility index (Phi) is 5.67. The molecular formula is C9H18N2O3. The molecule has 1 N–H and O–H groups in total. The van der Waals surface area contributed by atoms with Crippen LogP contribution in [-0.2, 0) is 9.53 Å². The molecule has 0 aromatic carbocycles. The average Bonchev–Trinajstić information content (AvgIpc) is 2.18. The Morgan fingerprint density at radius 2 is 1.86 bits per heavy atom. The molecule has 0 aromatic heterocycles. The summed E-state index contributed by atoms with van der Waals surface area (Å²) in [6.07, 6.45) is 0. The second-order valence-electron chi connectivity index (χ2n) is 2.87. The van der Waals surface area contributed by atoms with Gasteiger partial charge in [-0.15, -0.1) is 0 Å². The number of nitrogens with zero attached hydrogens (tertiary/aromatic N) is 1. The number of hydrogen-bond donors (Lipinski definition) is 1. The van der Waals surface area contributed by atoms with Gasteiger partial charge in [0.25, 0.3) is 0 Å². The predicted octanol–water partition coefficient (Wildman–Crippen LogP) is 0.599. The van der Waals surface area contributed by atoms with Crippen LogP contribution in [0.1, 0.15) is 20.8 Å². The number of methoxy groups -OCH3 is 1. The standard InChI is InChI=1S/C9H18N2O3/c1-5-11(6-2)9(13)10-7(3)8(12)14-4/h7H,5-6H2,1-4H3,(H,10,13)/t7-/m1/s1. The van der Waals surface area contributed by atoms with Gasteiger partial charge in [0.15, 0.2) is 0 Å². The third kappa shape index (κ3) is 3.64. The fourth-order valence-electron chi connectivity index (χ4n) is 1.02. The molecule has 2 amide bonds. The lowest BCUT2D eigenvalue weighted by Crippen LogP contribution is -2.46. The van der Waals surface area contributed by atoms with Crippen molar-refractivity contribution in [2.45, 2.75) is 26.8 Å². The highest BCUT2D eigenvalue weighted by Gasteiger charge is 2.18. The summed E-state index contributed by atoms with van der Waals surface area (Å²) in [5, 5.41) is 2.54. The highest BCUT2D eigenvalue weighted by Crippen LogP contribution is 1.92. The number of rotatable bonds is 4. The van der Waals surface area contributed by atoms with Crippen molar-refractivity contribution in [3.05, 3.63) is 0 Å². The van der Waals surface area contributed by atoms with E-state index >= 15 is 0 Å². The van der Waals surface area contributed by atoms with Crippen molar-refractivity contribution in [2.24, 2.45) is 0 Å². The number of amides is 2. The van der Waals surface area contributed by atoms with Crippen LogP contribution < -0.4 is 5.32 Å². The van der Waals surface area contributed by atoms with Crippen molar-refractivity contribution in [2.75, 3.05) is 20.2 Å². The molecule has 14 heavy (non-hydrogen) atoms. The third-order valence-corrected chi connectivity index (χ3v) is 1.95. The van der Waals surface area contributed by atoms with Gasteiger partial charge in [0, 0.05) is 13.1 Å². The summed E-state index contributed by atoms with van der Waals surface area (Å²) in [5.41, 5.74) is 0. The number of carbonyl (C=O) groups is 2. The van der Waals surface area contributed by atoms with E-state index in [9.17, 15) is 9.59 Å². The van der Waals surface area contributed by atoms with E-state index in [1.807, 2.05) is 13.8 Å². The third-order valence-electron chi connectivity index (χ3n) is 1.95. The van der Waals surface area contributed by atoms with E-state index in [4.69, 9.17) is 0 Å². The molecule has 0 aromatic rings. The van der Waals surface area contributed by atoms with Crippen molar-refractivity contribution in [1.82, 2.24) is 10.2 Å². The quantitative estimate of drug-likeness (QED) is 0.679. The van der Waals surface area contributed by atoms with Crippen LogP contribution in [0, 0.1) is 0 Å². The van der Waals surface area contributed by atoms with Crippen molar-refractivity contribution < 1.29 is 14.3 Å². The van der Waals surface area contributed by atoms with Crippen LogP contribution in [0.5, 0.6) is 0 Å². The number of carbonyl (C=O) groups excluding carboxylic acids is 2. The van der Waals surface area contributed by atoms with Gasteiger partial charge in [-0.1, -0.05) is 0 Å². The first kappa shape index (κ1) is 12.7. The summed E-state index contributed by atoms with van der Waals surface area (Å²) in [5.74, 6) is -0.439. The summed E-state index contributed by atoms with van der Waals surface area (Å²) in [6, 6.07) is -0.846. The van der Waals surface area contributed by atoms with E-state index in [1.54, 1.807) is 11.8 Å². The first-order valence-corrected chi connectivity index (χ1v) is 4.70. The second-order valence-corrected chi connectivity index (χ2v) is 2.87. The lowest BCUT2D eigenvalue weighted by molar-refractivity contribution is -0.142. The van der Waals surface area contributed by atoms with E-state index < -0.39 is 12.0 Å². The van der Waals surface area contributed by atoms with E-state index in [1.165, 1.54) is 7.11 Å². The van der Waals surface area contributed by atoms with Gasteiger partial charge in [-0.05, 0) is 20.8 Å². The van der Waals surface area contributed by atoms with Crippen LogP contribution >= 0.6 is 0 Å². The van der Waals surface area contributed by atoms with Gasteiger partial charge in [-0.2, -0.15) is 0 Å². The van der Waals surface area contributed by atoms with Crippen LogP contribution in [-0.4, -0.2) is 43.1 Å². The molecule has 0 heterocycles. The Labute approximate surface area is 84.4 Å². The van der Waals surface area contributed by atoms with Gasteiger partial charge in [-0.25, -0.2) is 9.59 Å². The van der Waals surface area contributed by atoms with E-state index in [-0.39, 0.29) is 6.03 Å². The topological polar surface area (TPSA) is 58.6 Å². The Morgan fingerprint density at radius 3 is 2.21 bits per heavy atom. The zero-order valence-electron chi connectivity index (χ0n) is 9.16. The summed E-state index contributed by atoms with van der Waals surface area (Å²) >= 11 is 0. The van der Waals surface area contributed by atoms with E-state index in [0.717, 1.165) is 0 Å². The summed E-state index contributed by atoms with van der Waals surface area (Å²) in [4.78, 5) is 24.0. The van der Waals surface area contributed by atoms with E-state index in [0.29, 0.717) is 13.1 Å². The molecule has 0 aliphatic carbocycles. The Balaban J connectivity index is 4.10. The summed E-state index contributed by atoms with van der Waals surface area (Å²) in [7, 11) is 1.29. The number of urea groups is 1. The minimum Gasteiger partial charge on any atom is -0.467 e. The van der Waals surface area contributed by atoms with Crippen molar-refractivity contribution >= 4 is 12.0 Å². The smallest absolute Gasteiger partial charge is 0.328 e. The minimum absolute atomic E-state index is 0.243. The van der Waals surface area contributed by atoms with Crippen LogP contribution in [0.25, 0.3) is 0 Å². The largest absolute Gasteiger partial charge is 0.467 e. The molecule has 1 atom stereocenters. The lowest BCUT2D eigenvalue weighted by atomic mass is 10.3. The van der Waals surface area contributed by atoms with Crippen molar-refractivity contribution in [3.63, 3.8) is 0 Å². The van der Waals surface area contributed by atoms with Crippen molar-refractivity contribution in [1.29, 1.82) is 0 Å². The SMILES string of the molecule is CCN(CC)C(=O)N[C@H](C)C(=O)OC. The molecule has 0 fully saturated rings. The first-order valence-electron chi connectivity index (χ1n) is 4.70. The fourth-order valence-corrected chi connectivity index (χ4v) is 1.02. The zero-order valence-corrected chi connectivity index (χ0v) is 9.16. The molecule has 0 unspecified atom stereocenters. The number of esters is 1. The molecular weight excluding hydrogens is 184 g/mol. The average molecular weight is 202 g/mol. The van der Waals surface area contributed by atoms with Gasteiger partial charge in [-0.3, -0.25) is 0 Å². The highest BCUT2D eigenvalue weighted by atomic mass is 16.5. The van der Waals surface area contributed by atoms with Gasteiger partial charge in [0.2, 0.25) is 0 Å². The maximum absolute atomic E-state index is 11.4. The maximum Gasteiger partial charge on any atom is 0.328 e. The number of hydrogen-bond acceptors (Lipinski definition) is 3. The second kappa shape index (κ2) is 6.23. The van der Waals surface area contributed by atoms with E-state index in [2.05, 4.69) is 10.1 Å². The summed E-state index contributed by atoms with van der Waals surface area (Å²) in [6.45, 7) is 6.59. The summed E-state index contributed by atoms with van der Waals surface area (Å²) < 4.78 is 4.49. The molecule has 0 saturated carbocycles. The minimum atomic E-state index is -0.604. The molecule has 0 spiro atoms. The van der Waals surface area contributed by atoms with Gasteiger partial charge in [0.1, 0.15) is 6.04 Å². The maximum atomic E-state index is 11.4. The van der Waals surface area contributed by atoms with Crippen LogP contribution in [0.4, 0.5) is 4.79 Å². The molecule has 0 bridgehead atoms. The van der Waals surface area contributed by atoms with Gasteiger partial charge < -0.3 is 15.0 Å². The fraction of sp³-hybridized carbons (Fsp3) is 0.778. The Bertz CT molecular complexity index is 202. The molecule has 0 rings (SSSR count). The number of nitrogens with one attached hydrogen (secondary N) is 1. The predicted molar refractivity (Wildman–Crippen MR) is 52.9 cm³/mol. The Hall–Kier alpha value is -1.26. The van der Waals surface area contributed by atoms with Crippen molar-refractivity contribution in [3.8, 4) is 0 Å². The molecule has 0 aliphatic rings. The molecule has 5 heteroatoms. The molecule has 0 radical (unpaired) electrons. The molecule has 0 aliphatic heterocycles. The van der Waals surface area contributed by atoms with Crippen LogP contribution in [0.2, 0.25) is 0 Å². The normalized spacial score (nSPS) is 11.7. The van der Waals surface area contributed by atoms with Gasteiger partial charge >= 0.3 is 12.0 Å². The number of ether oxygens (including phenoxy) is 1. The molecule has 0 saturated heterocycles. The monoisotopic (exact) mass is 202 g/mol. The molecule has 5 nitrogen and oxygen atoms in total. The zero-order chi connectivity index (χ0) is 11.1. The lowest BCUT2D eigenvalue weighted by Gasteiger charge is -2.21. The first-order chi connectivity index (χ1) is 6.56. The van der Waals surface area contributed by atoms with Crippen LogP contribution in [0.15, 0.2) is 0 Å². The van der Waals surface area contributed by atoms with Crippen LogP contribution in [0.3, 0.4) is 0 Å².